The summed E-state index contributed by atoms with van der Waals surface area (Å²) in [6, 6.07) is 7.39. The van der Waals surface area contributed by atoms with E-state index < -0.39 is 11.8 Å². The number of benzene rings is 1. The molecule has 0 aliphatic heterocycles. The van der Waals surface area contributed by atoms with Crippen molar-refractivity contribution in [1.29, 1.82) is 0 Å². The number of carbonyl (C=O) groups excluding carboxylic acids is 1. The van der Waals surface area contributed by atoms with E-state index in [2.05, 4.69) is 5.32 Å². The number of halogens is 1. The van der Waals surface area contributed by atoms with Gasteiger partial charge in [-0.3, -0.25) is 4.79 Å². The average molecular weight is 321 g/mol. The summed E-state index contributed by atoms with van der Waals surface area (Å²) in [5, 5.41) is 11.3. The van der Waals surface area contributed by atoms with Gasteiger partial charge < -0.3 is 10.4 Å². The van der Waals surface area contributed by atoms with E-state index in [1.807, 2.05) is 19.1 Å². The van der Waals surface area contributed by atoms with Crippen LogP contribution in [0.5, 0.6) is 0 Å². The van der Waals surface area contributed by atoms with Gasteiger partial charge in [0.2, 0.25) is 5.91 Å². The topological polar surface area (TPSA) is 66.4 Å². The van der Waals surface area contributed by atoms with E-state index >= 15 is 0 Å². The lowest BCUT2D eigenvalue weighted by Crippen LogP contribution is -2.13. The summed E-state index contributed by atoms with van der Waals surface area (Å²) < 4.78 is 13.6. The Kier molecular flexibility index (Phi) is 5.27. The van der Waals surface area contributed by atoms with Gasteiger partial charge in [0.05, 0.1) is 11.3 Å². The van der Waals surface area contributed by atoms with E-state index in [4.69, 9.17) is 5.11 Å². The molecular formula is C16H16FNO3S. The summed E-state index contributed by atoms with van der Waals surface area (Å²) in [6.45, 7) is 2.03. The molecule has 0 bridgehead atoms. The van der Waals surface area contributed by atoms with Crippen LogP contribution in [0.4, 0.5) is 10.1 Å². The van der Waals surface area contributed by atoms with Crippen molar-refractivity contribution < 1.29 is 19.1 Å². The molecule has 2 aromatic rings. The van der Waals surface area contributed by atoms with Crippen LogP contribution in [-0.4, -0.2) is 17.0 Å². The number of aryl methyl sites for hydroxylation is 2. The molecule has 2 N–H and O–H groups in total. The molecule has 0 aliphatic rings. The molecule has 0 fully saturated rings. The maximum atomic E-state index is 13.6. The first-order chi connectivity index (χ1) is 10.5. The van der Waals surface area contributed by atoms with Crippen LogP contribution >= 0.6 is 11.3 Å². The number of aromatic carboxylic acids is 1. The van der Waals surface area contributed by atoms with E-state index in [1.165, 1.54) is 9.75 Å². The second-order valence-corrected chi connectivity index (χ2v) is 6.29. The lowest BCUT2D eigenvalue weighted by atomic mass is 10.1. The highest BCUT2D eigenvalue weighted by atomic mass is 32.1. The van der Waals surface area contributed by atoms with Gasteiger partial charge in [-0.25, -0.2) is 9.18 Å². The molecule has 116 valence electrons. The fraction of sp³-hybridized carbons (Fsp3) is 0.250. The number of carbonyl (C=O) groups is 2. The van der Waals surface area contributed by atoms with Crippen LogP contribution < -0.4 is 5.32 Å². The Labute approximate surface area is 131 Å². The highest BCUT2D eigenvalue weighted by Crippen LogP contribution is 2.19. The number of hydrogen-bond acceptors (Lipinski definition) is 3. The second kappa shape index (κ2) is 7.17. The van der Waals surface area contributed by atoms with Crippen molar-refractivity contribution in [2.45, 2.75) is 26.2 Å². The molecule has 0 saturated heterocycles. The van der Waals surface area contributed by atoms with Gasteiger partial charge in [0.1, 0.15) is 5.82 Å². The van der Waals surface area contributed by atoms with Gasteiger partial charge >= 0.3 is 5.97 Å². The van der Waals surface area contributed by atoms with Gasteiger partial charge in [-0.2, -0.15) is 0 Å². The van der Waals surface area contributed by atoms with Crippen molar-refractivity contribution in [2.75, 3.05) is 5.32 Å². The number of carboxylic acids is 1. The van der Waals surface area contributed by atoms with Crippen LogP contribution in [0.3, 0.4) is 0 Å². The van der Waals surface area contributed by atoms with Gasteiger partial charge in [-0.1, -0.05) is 0 Å². The standard InChI is InChI=1S/C16H16FNO3S/c1-10-5-7-12(22-10)3-2-4-15(19)18-14-9-11(16(20)21)6-8-13(14)17/h5-9H,2-4H2,1H3,(H,18,19)(H,20,21). The maximum absolute atomic E-state index is 13.6. The Morgan fingerprint density at radius 2 is 2.05 bits per heavy atom. The lowest BCUT2D eigenvalue weighted by molar-refractivity contribution is -0.116. The van der Waals surface area contributed by atoms with Gasteiger partial charge in [0.25, 0.3) is 0 Å². The number of hydrogen-bond donors (Lipinski definition) is 2. The zero-order valence-electron chi connectivity index (χ0n) is 12.1. The van der Waals surface area contributed by atoms with Crippen LogP contribution in [0.25, 0.3) is 0 Å². The van der Waals surface area contributed by atoms with Crippen molar-refractivity contribution >= 4 is 28.9 Å². The number of carboxylic acid groups (broad SMARTS) is 1. The number of anilines is 1. The molecule has 6 heteroatoms. The summed E-state index contributed by atoms with van der Waals surface area (Å²) in [5.74, 6) is -2.13. The van der Waals surface area contributed by atoms with Gasteiger partial charge in [0.15, 0.2) is 0 Å². The largest absolute Gasteiger partial charge is 0.478 e. The molecule has 0 unspecified atom stereocenters. The number of thiophene rings is 1. The molecule has 1 aromatic heterocycles. The van der Waals surface area contributed by atoms with E-state index in [1.54, 1.807) is 11.3 Å². The van der Waals surface area contributed by atoms with Crippen LogP contribution in [0, 0.1) is 12.7 Å². The van der Waals surface area contributed by atoms with E-state index in [0.29, 0.717) is 6.42 Å². The SMILES string of the molecule is Cc1ccc(CCCC(=O)Nc2cc(C(=O)O)ccc2F)s1. The third kappa shape index (κ3) is 4.39. The van der Waals surface area contributed by atoms with E-state index in [9.17, 15) is 14.0 Å². The molecule has 4 nitrogen and oxygen atoms in total. The Morgan fingerprint density at radius 1 is 1.27 bits per heavy atom. The van der Waals surface area contributed by atoms with Crippen LogP contribution in [0.2, 0.25) is 0 Å². The number of amides is 1. The molecule has 1 heterocycles. The van der Waals surface area contributed by atoms with Crippen molar-refractivity contribution in [3.8, 4) is 0 Å². The average Bonchev–Trinajstić information content (AvgIpc) is 2.86. The molecule has 2 rings (SSSR count). The molecule has 0 saturated carbocycles. The van der Waals surface area contributed by atoms with E-state index in [-0.39, 0.29) is 23.6 Å². The quantitative estimate of drug-likeness (QED) is 0.849. The Balaban J connectivity index is 1.89. The third-order valence-electron chi connectivity index (χ3n) is 3.11. The predicted octanol–water partition coefficient (Wildman–Crippen LogP) is 3.86. The minimum absolute atomic E-state index is 0.0641. The number of rotatable bonds is 6. The van der Waals surface area contributed by atoms with Crippen molar-refractivity contribution in [1.82, 2.24) is 0 Å². The summed E-state index contributed by atoms with van der Waals surface area (Å²) >= 11 is 1.69. The second-order valence-electron chi connectivity index (χ2n) is 4.91. The molecule has 0 aliphatic carbocycles. The Morgan fingerprint density at radius 3 is 2.68 bits per heavy atom. The third-order valence-corrected chi connectivity index (χ3v) is 4.17. The summed E-state index contributed by atoms with van der Waals surface area (Å²) in [7, 11) is 0. The highest BCUT2D eigenvalue weighted by Gasteiger charge is 2.11. The predicted molar refractivity (Wildman–Crippen MR) is 84.0 cm³/mol. The first-order valence-corrected chi connectivity index (χ1v) is 7.65. The van der Waals surface area contributed by atoms with Crippen LogP contribution in [-0.2, 0) is 11.2 Å². The van der Waals surface area contributed by atoms with Crippen molar-refractivity contribution in [3.63, 3.8) is 0 Å². The normalized spacial score (nSPS) is 10.5. The molecule has 1 aromatic carbocycles. The molecular weight excluding hydrogens is 305 g/mol. The van der Waals surface area contributed by atoms with Gasteiger partial charge in [-0.05, 0) is 50.1 Å². The monoisotopic (exact) mass is 321 g/mol. The maximum Gasteiger partial charge on any atom is 0.335 e. The molecule has 0 radical (unpaired) electrons. The highest BCUT2D eigenvalue weighted by molar-refractivity contribution is 7.11. The molecule has 0 spiro atoms. The molecule has 1 amide bonds. The Bertz CT molecular complexity index is 696. The van der Waals surface area contributed by atoms with Gasteiger partial charge in [0, 0.05) is 16.2 Å². The zero-order valence-corrected chi connectivity index (χ0v) is 12.9. The first-order valence-electron chi connectivity index (χ1n) is 6.83. The summed E-state index contributed by atoms with van der Waals surface area (Å²) in [6.07, 6.45) is 1.71. The molecule has 22 heavy (non-hydrogen) atoms. The first kappa shape index (κ1) is 16.2. The van der Waals surface area contributed by atoms with E-state index in [0.717, 1.165) is 24.6 Å². The fourth-order valence-corrected chi connectivity index (χ4v) is 2.94. The van der Waals surface area contributed by atoms with Crippen molar-refractivity contribution in [3.05, 3.63) is 51.5 Å². The lowest BCUT2D eigenvalue weighted by Gasteiger charge is -2.07. The van der Waals surface area contributed by atoms with Crippen LogP contribution in [0.15, 0.2) is 30.3 Å². The van der Waals surface area contributed by atoms with Crippen molar-refractivity contribution in [2.24, 2.45) is 0 Å². The minimum atomic E-state index is -1.16. The van der Waals surface area contributed by atoms with Gasteiger partial charge in [-0.15, -0.1) is 11.3 Å². The smallest absolute Gasteiger partial charge is 0.335 e. The Hall–Kier alpha value is -2.21. The van der Waals surface area contributed by atoms with Crippen LogP contribution in [0.1, 0.15) is 33.0 Å². The summed E-state index contributed by atoms with van der Waals surface area (Å²) in [5.41, 5.74) is -0.164. The molecule has 0 atom stereocenters. The summed E-state index contributed by atoms with van der Waals surface area (Å²) in [4.78, 5) is 25.1. The fourth-order valence-electron chi connectivity index (χ4n) is 2.01. The number of nitrogens with one attached hydrogen (secondary N) is 1. The minimum Gasteiger partial charge on any atom is -0.478 e. The zero-order chi connectivity index (χ0) is 16.1.